The van der Waals surface area contributed by atoms with Crippen molar-refractivity contribution in [2.75, 3.05) is 6.54 Å². The number of carboxylic acids is 1. The van der Waals surface area contributed by atoms with Crippen molar-refractivity contribution in [1.29, 1.82) is 5.26 Å². The molecular weight excluding hydrogens is 194 g/mol. The van der Waals surface area contributed by atoms with Crippen LogP contribution in [0.1, 0.15) is 33.1 Å². The quantitative estimate of drug-likeness (QED) is 0.517. The molecule has 2 atom stereocenters. The molecule has 0 aliphatic heterocycles. The van der Waals surface area contributed by atoms with Crippen molar-refractivity contribution in [3.8, 4) is 6.07 Å². The number of nitriles is 1. The van der Waals surface area contributed by atoms with Gasteiger partial charge in [-0.1, -0.05) is 13.3 Å². The summed E-state index contributed by atoms with van der Waals surface area (Å²) in [5.41, 5.74) is 0. The fourth-order valence-corrected chi connectivity index (χ4v) is 0.970. The smallest absolute Gasteiger partial charge is 0.330 e. The molecule has 84 valence electrons. The van der Waals surface area contributed by atoms with Crippen molar-refractivity contribution in [2.45, 2.75) is 39.2 Å². The first-order valence-corrected chi connectivity index (χ1v) is 5.10. The Morgan fingerprint density at radius 1 is 1.60 bits per heavy atom. The van der Waals surface area contributed by atoms with Gasteiger partial charge in [-0.3, -0.25) is 0 Å². The number of aliphatic carboxylic acids is 1. The van der Waals surface area contributed by atoms with Crippen LogP contribution in [-0.2, 0) is 4.79 Å². The number of hydrogen-bond acceptors (Lipinski definition) is 4. The van der Waals surface area contributed by atoms with E-state index in [4.69, 9.17) is 10.4 Å². The standard InChI is InChI=1S/C10H17N3O2/c1-3-4-5-12-13-9(10(14)15)6-8(2)7-11/h8-9H,3-6H2,1-2H3,(H,14,15). The summed E-state index contributed by atoms with van der Waals surface area (Å²) in [6, 6.07) is 1.11. The molecule has 0 aliphatic rings. The Bertz CT molecular complexity index is 258. The highest BCUT2D eigenvalue weighted by Gasteiger charge is 2.19. The van der Waals surface area contributed by atoms with Gasteiger partial charge >= 0.3 is 5.97 Å². The van der Waals surface area contributed by atoms with Crippen LogP contribution >= 0.6 is 0 Å². The molecular formula is C10H17N3O2. The van der Waals surface area contributed by atoms with E-state index >= 15 is 0 Å². The van der Waals surface area contributed by atoms with Crippen LogP contribution in [0.2, 0.25) is 0 Å². The lowest BCUT2D eigenvalue weighted by atomic mass is 10.0. The summed E-state index contributed by atoms with van der Waals surface area (Å²) in [6.45, 7) is 4.26. The molecule has 0 fully saturated rings. The Kier molecular flexibility index (Phi) is 7.16. The van der Waals surface area contributed by atoms with Gasteiger partial charge in [-0.25, -0.2) is 4.79 Å². The van der Waals surface area contributed by atoms with Gasteiger partial charge in [0.25, 0.3) is 0 Å². The number of unbranched alkanes of at least 4 members (excludes halogenated alkanes) is 1. The molecule has 0 aromatic carbocycles. The lowest BCUT2D eigenvalue weighted by Gasteiger charge is -2.06. The third kappa shape index (κ3) is 6.61. The summed E-state index contributed by atoms with van der Waals surface area (Å²) in [5, 5.41) is 24.9. The van der Waals surface area contributed by atoms with Crippen molar-refractivity contribution in [3.63, 3.8) is 0 Å². The molecule has 2 unspecified atom stereocenters. The molecule has 0 amide bonds. The summed E-state index contributed by atoms with van der Waals surface area (Å²) < 4.78 is 0. The molecule has 0 aromatic heterocycles. The molecule has 0 bridgehead atoms. The Balaban J connectivity index is 4.11. The minimum Gasteiger partial charge on any atom is -0.480 e. The van der Waals surface area contributed by atoms with Crippen molar-refractivity contribution < 1.29 is 9.90 Å². The molecule has 0 aliphatic carbocycles. The van der Waals surface area contributed by atoms with Crippen molar-refractivity contribution in [3.05, 3.63) is 0 Å². The molecule has 0 radical (unpaired) electrons. The Labute approximate surface area is 89.8 Å². The topological polar surface area (TPSA) is 85.8 Å². The molecule has 15 heavy (non-hydrogen) atoms. The van der Waals surface area contributed by atoms with Gasteiger partial charge in [-0.15, -0.1) is 0 Å². The summed E-state index contributed by atoms with van der Waals surface area (Å²) in [7, 11) is 0. The Morgan fingerprint density at radius 2 is 2.27 bits per heavy atom. The number of carbonyl (C=O) groups is 1. The van der Waals surface area contributed by atoms with Gasteiger partial charge in [0.15, 0.2) is 6.04 Å². The second-order valence-electron chi connectivity index (χ2n) is 3.45. The van der Waals surface area contributed by atoms with Gasteiger partial charge in [0.2, 0.25) is 0 Å². The monoisotopic (exact) mass is 211 g/mol. The minimum atomic E-state index is -1.02. The van der Waals surface area contributed by atoms with Gasteiger partial charge in [-0.05, 0) is 19.8 Å². The Hall–Kier alpha value is -1.44. The van der Waals surface area contributed by atoms with Crippen LogP contribution in [0, 0.1) is 17.2 Å². The first-order chi connectivity index (χ1) is 7.11. The van der Waals surface area contributed by atoms with E-state index in [1.54, 1.807) is 6.92 Å². The van der Waals surface area contributed by atoms with E-state index in [-0.39, 0.29) is 12.3 Å². The Morgan fingerprint density at radius 3 is 2.73 bits per heavy atom. The maximum atomic E-state index is 10.8. The average molecular weight is 211 g/mol. The third-order valence-corrected chi connectivity index (χ3v) is 1.91. The molecule has 0 heterocycles. The van der Waals surface area contributed by atoms with Crippen LogP contribution in [-0.4, -0.2) is 23.7 Å². The zero-order chi connectivity index (χ0) is 11.7. The lowest BCUT2D eigenvalue weighted by Crippen LogP contribution is -2.20. The normalized spacial score (nSPS) is 14.7. The van der Waals surface area contributed by atoms with E-state index < -0.39 is 12.0 Å². The SMILES string of the molecule is CCCCN=NC(CC(C)C#N)C(=O)O. The molecule has 0 aromatic rings. The van der Waals surface area contributed by atoms with Crippen molar-refractivity contribution >= 4 is 5.97 Å². The summed E-state index contributed by atoms with van der Waals surface area (Å²) >= 11 is 0. The second kappa shape index (κ2) is 7.92. The first-order valence-electron chi connectivity index (χ1n) is 5.10. The highest BCUT2D eigenvalue weighted by molar-refractivity contribution is 5.73. The molecule has 0 spiro atoms. The molecule has 1 N–H and O–H groups in total. The number of azo groups is 1. The number of rotatable bonds is 7. The van der Waals surface area contributed by atoms with Gasteiger partial charge in [0.1, 0.15) is 0 Å². The summed E-state index contributed by atoms with van der Waals surface area (Å²) in [4.78, 5) is 10.8. The largest absolute Gasteiger partial charge is 0.480 e. The van der Waals surface area contributed by atoms with Crippen LogP contribution in [0.4, 0.5) is 0 Å². The van der Waals surface area contributed by atoms with Crippen LogP contribution < -0.4 is 0 Å². The summed E-state index contributed by atoms with van der Waals surface area (Å²) in [5.74, 6) is -1.33. The third-order valence-electron chi connectivity index (χ3n) is 1.91. The predicted octanol–water partition coefficient (Wildman–Crippen LogP) is 2.24. The molecule has 5 nitrogen and oxygen atoms in total. The van der Waals surface area contributed by atoms with E-state index in [0.717, 1.165) is 12.8 Å². The molecule has 0 saturated heterocycles. The van der Waals surface area contributed by atoms with E-state index in [9.17, 15) is 4.79 Å². The second-order valence-corrected chi connectivity index (χ2v) is 3.45. The maximum absolute atomic E-state index is 10.8. The van der Waals surface area contributed by atoms with Gasteiger partial charge in [0.05, 0.1) is 12.6 Å². The highest BCUT2D eigenvalue weighted by atomic mass is 16.4. The maximum Gasteiger partial charge on any atom is 0.330 e. The van der Waals surface area contributed by atoms with E-state index in [1.807, 2.05) is 13.0 Å². The molecule has 5 heteroatoms. The first kappa shape index (κ1) is 13.6. The van der Waals surface area contributed by atoms with Crippen molar-refractivity contribution in [2.24, 2.45) is 16.1 Å². The fraction of sp³-hybridized carbons (Fsp3) is 0.800. The molecule has 0 rings (SSSR count). The van der Waals surface area contributed by atoms with Crippen LogP contribution in [0.15, 0.2) is 10.2 Å². The van der Waals surface area contributed by atoms with Gasteiger partial charge < -0.3 is 5.11 Å². The lowest BCUT2D eigenvalue weighted by molar-refractivity contribution is -0.138. The average Bonchev–Trinajstić information content (AvgIpc) is 2.21. The van der Waals surface area contributed by atoms with Crippen molar-refractivity contribution in [1.82, 2.24) is 0 Å². The summed E-state index contributed by atoms with van der Waals surface area (Å²) in [6.07, 6.45) is 2.14. The van der Waals surface area contributed by atoms with Crippen LogP contribution in [0.5, 0.6) is 0 Å². The minimum absolute atomic E-state index is 0.224. The predicted molar refractivity (Wildman–Crippen MR) is 55.4 cm³/mol. The van der Waals surface area contributed by atoms with E-state index in [0.29, 0.717) is 6.54 Å². The van der Waals surface area contributed by atoms with Gasteiger partial charge in [0, 0.05) is 5.92 Å². The fourth-order valence-electron chi connectivity index (χ4n) is 0.970. The zero-order valence-electron chi connectivity index (χ0n) is 9.18. The number of hydrogen-bond donors (Lipinski definition) is 1. The number of nitrogens with zero attached hydrogens (tertiary/aromatic N) is 3. The van der Waals surface area contributed by atoms with Crippen LogP contribution in [0.3, 0.4) is 0 Å². The molecule has 0 saturated carbocycles. The van der Waals surface area contributed by atoms with Gasteiger partial charge in [-0.2, -0.15) is 15.5 Å². The number of carboxylic acid groups (broad SMARTS) is 1. The van der Waals surface area contributed by atoms with Crippen LogP contribution in [0.25, 0.3) is 0 Å². The highest BCUT2D eigenvalue weighted by Crippen LogP contribution is 2.09. The zero-order valence-corrected chi connectivity index (χ0v) is 9.18. The van der Waals surface area contributed by atoms with E-state index in [2.05, 4.69) is 10.2 Å². The van der Waals surface area contributed by atoms with E-state index in [1.165, 1.54) is 0 Å².